The molecule has 94 valence electrons. The summed E-state index contributed by atoms with van der Waals surface area (Å²) < 4.78 is 5.24. The van der Waals surface area contributed by atoms with Gasteiger partial charge in [0.05, 0.1) is 5.69 Å². The first-order chi connectivity index (χ1) is 7.90. The maximum atomic E-state index is 11.8. The molecular weight excluding hydrogens is 238 g/mol. The molecule has 0 bridgehead atoms. The average Bonchev–Trinajstić information content (AvgIpc) is 2.28. The van der Waals surface area contributed by atoms with Crippen molar-refractivity contribution in [1.82, 2.24) is 0 Å². The van der Waals surface area contributed by atoms with Gasteiger partial charge >= 0.3 is 0 Å². The number of aryl methyl sites for hydroxylation is 1. The molecule has 1 unspecified atom stereocenters. The molecule has 1 rings (SSSR count). The molecule has 4 heteroatoms. The summed E-state index contributed by atoms with van der Waals surface area (Å²) in [7, 11) is 1.58. The molecule has 1 atom stereocenters. The predicted molar refractivity (Wildman–Crippen MR) is 70.6 cm³/mol. The van der Waals surface area contributed by atoms with E-state index in [1.165, 1.54) is 6.92 Å². The van der Waals surface area contributed by atoms with E-state index < -0.39 is 0 Å². The van der Waals surface area contributed by atoms with Gasteiger partial charge in [-0.2, -0.15) is 0 Å². The van der Waals surface area contributed by atoms with E-state index >= 15 is 0 Å². The number of amides is 1. The van der Waals surface area contributed by atoms with Crippen LogP contribution >= 0.6 is 11.6 Å². The van der Waals surface area contributed by atoms with Crippen LogP contribution < -0.4 is 4.90 Å². The van der Waals surface area contributed by atoms with E-state index in [0.29, 0.717) is 5.02 Å². The highest BCUT2D eigenvalue weighted by Gasteiger charge is 2.22. The first-order valence-corrected chi connectivity index (χ1v) is 5.86. The number of carbonyl (C=O) groups excluding carboxylic acids is 1. The van der Waals surface area contributed by atoms with Crippen LogP contribution in [-0.4, -0.2) is 19.2 Å². The van der Waals surface area contributed by atoms with Gasteiger partial charge in [-0.25, -0.2) is 0 Å². The average molecular weight is 256 g/mol. The molecule has 0 fully saturated rings. The Bertz CT molecular complexity index is 432. The molecule has 17 heavy (non-hydrogen) atoms. The van der Waals surface area contributed by atoms with Crippen LogP contribution in [0.3, 0.4) is 0 Å². The number of methoxy groups -OCH3 is 1. The number of nitrogens with zero attached hydrogens (tertiary/aromatic N) is 1. The lowest BCUT2D eigenvalue weighted by Gasteiger charge is -2.30. The molecule has 0 heterocycles. The third kappa shape index (κ3) is 2.79. The van der Waals surface area contributed by atoms with Crippen molar-refractivity contribution in [3.8, 4) is 0 Å². The lowest BCUT2D eigenvalue weighted by Crippen LogP contribution is -2.39. The second kappa shape index (κ2) is 5.52. The van der Waals surface area contributed by atoms with Gasteiger partial charge in [-0.3, -0.25) is 9.69 Å². The largest absolute Gasteiger partial charge is 0.361 e. The summed E-state index contributed by atoms with van der Waals surface area (Å²) in [5.41, 5.74) is 2.73. The fraction of sp³-hybridized carbons (Fsp3) is 0.462. The Labute approximate surface area is 107 Å². The van der Waals surface area contributed by atoms with Gasteiger partial charge in [-0.15, -0.1) is 0 Å². The normalized spacial score (nSPS) is 12.4. The highest BCUT2D eigenvalue weighted by atomic mass is 35.5. The zero-order valence-electron chi connectivity index (χ0n) is 10.9. The molecule has 0 saturated heterocycles. The third-order valence-corrected chi connectivity index (χ3v) is 3.26. The topological polar surface area (TPSA) is 29.5 Å². The quantitative estimate of drug-likeness (QED) is 0.776. The standard InChI is InChI=1S/C13H18ClNO2/c1-8-6-7-12(14)9(2)13(8)15(10(3)16)11(4)17-5/h6-7,11H,1-5H3. The maximum Gasteiger partial charge on any atom is 0.225 e. The van der Waals surface area contributed by atoms with Crippen LogP contribution in [0.2, 0.25) is 5.02 Å². The highest BCUT2D eigenvalue weighted by molar-refractivity contribution is 6.31. The Kier molecular flexibility index (Phi) is 4.54. The minimum Gasteiger partial charge on any atom is -0.361 e. The molecule has 0 radical (unpaired) electrons. The minimum absolute atomic E-state index is 0.0622. The van der Waals surface area contributed by atoms with Crippen LogP contribution in [-0.2, 0) is 9.53 Å². The van der Waals surface area contributed by atoms with E-state index in [2.05, 4.69) is 0 Å². The van der Waals surface area contributed by atoms with Gasteiger partial charge < -0.3 is 4.74 Å². The number of rotatable bonds is 3. The first-order valence-electron chi connectivity index (χ1n) is 5.48. The highest BCUT2D eigenvalue weighted by Crippen LogP contribution is 2.31. The molecular formula is C13H18ClNO2. The molecule has 0 N–H and O–H groups in total. The molecule has 0 aliphatic rings. The van der Waals surface area contributed by atoms with Crippen molar-refractivity contribution in [2.45, 2.75) is 33.9 Å². The van der Waals surface area contributed by atoms with E-state index in [4.69, 9.17) is 16.3 Å². The zero-order valence-corrected chi connectivity index (χ0v) is 11.6. The number of carbonyl (C=O) groups is 1. The van der Waals surface area contributed by atoms with Gasteiger partial charge in [0.2, 0.25) is 5.91 Å². The number of hydrogen-bond acceptors (Lipinski definition) is 2. The molecule has 0 spiro atoms. The van der Waals surface area contributed by atoms with Crippen molar-refractivity contribution in [1.29, 1.82) is 0 Å². The summed E-state index contributed by atoms with van der Waals surface area (Å²) >= 11 is 6.10. The third-order valence-electron chi connectivity index (χ3n) is 2.85. The summed E-state index contributed by atoms with van der Waals surface area (Å²) in [6.45, 7) is 7.22. The van der Waals surface area contributed by atoms with Crippen molar-refractivity contribution in [2.24, 2.45) is 0 Å². The summed E-state index contributed by atoms with van der Waals surface area (Å²) in [4.78, 5) is 13.4. The van der Waals surface area contributed by atoms with Gasteiger partial charge in [-0.1, -0.05) is 17.7 Å². The molecule has 0 aliphatic heterocycles. The Morgan fingerprint density at radius 3 is 2.47 bits per heavy atom. The Morgan fingerprint density at radius 1 is 1.41 bits per heavy atom. The number of anilines is 1. The zero-order chi connectivity index (χ0) is 13.2. The van der Waals surface area contributed by atoms with Gasteiger partial charge in [0.25, 0.3) is 0 Å². The molecule has 0 aromatic heterocycles. The molecule has 0 saturated carbocycles. The van der Waals surface area contributed by atoms with Gasteiger partial charge in [0.15, 0.2) is 0 Å². The van der Waals surface area contributed by atoms with E-state index in [1.54, 1.807) is 12.0 Å². The van der Waals surface area contributed by atoms with Crippen LogP contribution in [0.15, 0.2) is 12.1 Å². The summed E-state index contributed by atoms with van der Waals surface area (Å²) in [6.07, 6.45) is -0.316. The number of benzene rings is 1. The van der Waals surface area contributed by atoms with Crippen LogP contribution in [0.5, 0.6) is 0 Å². The van der Waals surface area contributed by atoms with Crippen molar-refractivity contribution < 1.29 is 9.53 Å². The number of halogens is 1. The van der Waals surface area contributed by atoms with E-state index in [1.807, 2.05) is 32.9 Å². The molecule has 3 nitrogen and oxygen atoms in total. The summed E-state index contributed by atoms with van der Waals surface area (Å²) in [5, 5.41) is 0.653. The van der Waals surface area contributed by atoms with Crippen molar-refractivity contribution in [3.63, 3.8) is 0 Å². The van der Waals surface area contributed by atoms with Crippen molar-refractivity contribution >= 4 is 23.2 Å². The SMILES string of the molecule is COC(C)N(C(C)=O)c1c(C)ccc(Cl)c1C. The second-order valence-corrected chi connectivity index (χ2v) is 4.47. The van der Waals surface area contributed by atoms with Crippen LogP contribution in [0.1, 0.15) is 25.0 Å². The number of ether oxygens (including phenoxy) is 1. The van der Waals surface area contributed by atoms with Crippen LogP contribution in [0.25, 0.3) is 0 Å². The van der Waals surface area contributed by atoms with Gasteiger partial charge in [0.1, 0.15) is 6.23 Å². The number of hydrogen-bond donors (Lipinski definition) is 0. The second-order valence-electron chi connectivity index (χ2n) is 4.06. The first kappa shape index (κ1) is 14.0. The lowest BCUT2D eigenvalue weighted by molar-refractivity contribution is -0.118. The summed E-state index contributed by atoms with van der Waals surface area (Å²) in [5.74, 6) is -0.0622. The van der Waals surface area contributed by atoms with E-state index in [9.17, 15) is 4.79 Å². The lowest BCUT2D eigenvalue weighted by atomic mass is 10.1. The van der Waals surface area contributed by atoms with Crippen molar-refractivity contribution in [2.75, 3.05) is 12.0 Å². The fourth-order valence-electron chi connectivity index (χ4n) is 1.88. The Morgan fingerprint density at radius 2 is 2.00 bits per heavy atom. The van der Waals surface area contributed by atoms with Crippen molar-refractivity contribution in [3.05, 3.63) is 28.3 Å². The molecule has 1 aromatic carbocycles. The molecule has 0 aliphatic carbocycles. The fourth-order valence-corrected chi connectivity index (χ4v) is 2.03. The van der Waals surface area contributed by atoms with Crippen LogP contribution in [0, 0.1) is 13.8 Å². The van der Waals surface area contributed by atoms with Gasteiger partial charge in [-0.05, 0) is 38.0 Å². The molecule has 1 amide bonds. The monoisotopic (exact) mass is 255 g/mol. The Balaban J connectivity index is 3.37. The smallest absolute Gasteiger partial charge is 0.225 e. The van der Waals surface area contributed by atoms with Crippen LogP contribution in [0.4, 0.5) is 5.69 Å². The van der Waals surface area contributed by atoms with Gasteiger partial charge in [0, 0.05) is 19.1 Å². The maximum absolute atomic E-state index is 11.8. The minimum atomic E-state index is -0.316. The molecule has 1 aromatic rings. The van der Waals surface area contributed by atoms with E-state index in [-0.39, 0.29) is 12.1 Å². The predicted octanol–water partition coefficient (Wildman–Crippen LogP) is 3.30. The summed E-state index contributed by atoms with van der Waals surface area (Å²) in [6, 6.07) is 3.74. The Hall–Kier alpha value is -1.06. The van der Waals surface area contributed by atoms with E-state index in [0.717, 1.165) is 16.8 Å².